The second-order valence-corrected chi connectivity index (χ2v) is 6.70. The third-order valence-corrected chi connectivity index (χ3v) is 4.56. The SMILES string of the molecule is Cc1ccc(Cl)cc1NC(=O)CNCC1CCC(C)CC1. The molecule has 1 saturated carbocycles. The summed E-state index contributed by atoms with van der Waals surface area (Å²) in [7, 11) is 0. The first-order valence-corrected chi connectivity index (χ1v) is 8.19. The summed E-state index contributed by atoms with van der Waals surface area (Å²) in [4.78, 5) is 12.0. The molecule has 1 fully saturated rings. The van der Waals surface area contributed by atoms with Gasteiger partial charge in [-0.25, -0.2) is 0 Å². The molecule has 116 valence electrons. The van der Waals surface area contributed by atoms with Crippen LogP contribution in [-0.2, 0) is 4.79 Å². The minimum atomic E-state index is -0.00968. The lowest BCUT2D eigenvalue weighted by atomic mass is 9.83. The number of anilines is 1. The molecule has 2 N–H and O–H groups in total. The zero-order chi connectivity index (χ0) is 15.2. The standard InChI is InChI=1S/C17H25ClN2O/c1-12-3-6-14(7-4-12)10-19-11-17(21)20-16-9-15(18)8-5-13(16)2/h5,8-9,12,14,19H,3-4,6-7,10-11H2,1-2H3,(H,20,21). The van der Waals surface area contributed by atoms with Gasteiger partial charge in [0.25, 0.3) is 0 Å². The number of carbonyl (C=O) groups is 1. The fourth-order valence-corrected chi connectivity index (χ4v) is 3.02. The number of rotatable bonds is 5. The van der Waals surface area contributed by atoms with Crippen LogP contribution in [0.2, 0.25) is 5.02 Å². The van der Waals surface area contributed by atoms with Crippen LogP contribution in [0.15, 0.2) is 18.2 Å². The van der Waals surface area contributed by atoms with E-state index in [1.54, 1.807) is 6.07 Å². The molecule has 0 aliphatic heterocycles. The Bertz CT molecular complexity index is 482. The lowest BCUT2D eigenvalue weighted by molar-refractivity contribution is -0.115. The first kappa shape index (κ1) is 16.3. The third-order valence-electron chi connectivity index (χ3n) is 4.33. The highest BCUT2D eigenvalue weighted by Gasteiger charge is 2.17. The predicted octanol–water partition coefficient (Wildman–Crippen LogP) is 4.00. The van der Waals surface area contributed by atoms with Gasteiger partial charge >= 0.3 is 0 Å². The molecular weight excluding hydrogens is 284 g/mol. The Morgan fingerprint density at radius 1 is 1.29 bits per heavy atom. The van der Waals surface area contributed by atoms with Gasteiger partial charge in [0.1, 0.15) is 0 Å². The molecule has 0 spiro atoms. The average Bonchev–Trinajstić information content (AvgIpc) is 2.45. The van der Waals surface area contributed by atoms with E-state index in [-0.39, 0.29) is 5.91 Å². The number of hydrogen-bond donors (Lipinski definition) is 2. The van der Waals surface area contributed by atoms with E-state index in [1.807, 2.05) is 19.1 Å². The predicted molar refractivity (Wildman–Crippen MR) is 88.8 cm³/mol. The summed E-state index contributed by atoms with van der Waals surface area (Å²) in [6, 6.07) is 5.53. The normalized spacial score (nSPS) is 22.0. The van der Waals surface area contributed by atoms with Gasteiger partial charge in [-0.2, -0.15) is 0 Å². The van der Waals surface area contributed by atoms with Gasteiger partial charge in [0.15, 0.2) is 0 Å². The van der Waals surface area contributed by atoms with Crippen molar-refractivity contribution in [3.05, 3.63) is 28.8 Å². The summed E-state index contributed by atoms with van der Waals surface area (Å²) in [5, 5.41) is 6.83. The van der Waals surface area contributed by atoms with E-state index in [0.29, 0.717) is 11.6 Å². The van der Waals surface area contributed by atoms with Crippen LogP contribution in [0.4, 0.5) is 5.69 Å². The van der Waals surface area contributed by atoms with Crippen LogP contribution in [0.3, 0.4) is 0 Å². The first-order valence-electron chi connectivity index (χ1n) is 7.81. The summed E-state index contributed by atoms with van der Waals surface area (Å²) >= 11 is 5.95. The molecule has 0 bridgehead atoms. The Morgan fingerprint density at radius 2 is 2.00 bits per heavy atom. The number of halogens is 1. The quantitative estimate of drug-likeness (QED) is 0.863. The van der Waals surface area contributed by atoms with Gasteiger partial charge in [0.2, 0.25) is 5.91 Å². The van der Waals surface area contributed by atoms with Crippen molar-refractivity contribution in [3.8, 4) is 0 Å². The van der Waals surface area contributed by atoms with Crippen molar-refractivity contribution in [1.29, 1.82) is 0 Å². The number of aryl methyl sites for hydroxylation is 1. The van der Waals surface area contributed by atoms with Crippen LogP contribution in [0.1, 0.15) is 38.2 Å². The van der Waals surface area contributed by atoms with Crippen LogP contribution >= 0.6 is 11.6 Å². The lowest BCUT2D eigenvalue weighted by Gasteiger charge is -2.26. The van der Waals surface area contributed by atoms with Crippen LogP contribution in [0.5, 0.6) is 0 Å². The maximum atomic E-state index is 12.0. The second-order valence-electron chi connectivity index (χ2n) is 6.26. The number of amides is 1. The summed E-state index contributed by atoms with van der Waals surface area (Å²) in [6.45, 7) is 5.58. The van der Waals surface area contributed by atoms with E-state index >= 15 is 0 Å². The lowest BCUT2D eigenvalue weighted by Crippen LogP contribution is -2.33. The molecule has 4 heteroatoms. The van der Waals surface area contributed by atoms with Crippen LogP contribution in [0, 0.1) is 18.8 Å². The van der Waals surface area contributed by atoms with Gasteiger partial charge in [0, 0.05) is 10.7 Å². The van der Waals surface area contributed by atoms with Crippen molar-refractivity contribution in [2.45, 2.75) is 39.5 Å². The van der Waals surface area contributed by atoms with Crippen LogP contribution in [0.25, 0.3) is 0 Å². The Kier molecular flexibility index (Phi) is 6.07. The average molecular weight is 309 g/mol. The van der Waals surface area contributed by atoms with Gasteiger partial charge in [-0.15, -0.1) is 0 Å². The van der Waals surface area contributed by atoms with Crippen molar-refractivity contribution in [2.75, 3.05) is 18.4 Å². The van der Waals surface area contributed by atoms with E-state index in [9.17, 15) is 4.79 Å². The monoisotopic (exact) mass is 308 g/mol. The molecule has 0 saturated heterocycles. The molecule has 21 heavy (non-hydrogen) atoms. The molecule has 0 unspecified atom stereocenters. The van der Waals surface area contributed by atoms with E-state index in [1.165, 1.54) is 25.7 Å². The summed E-state index contributed by atoms with van der Waals surface area (Å²) in [6.07, 6.45) is 5.20. The molecule has 1 amide bonds. The summed E-state index contributed by atoms with van der Waals surface area (Å²) in [5.74, 6) is 1.59. The largest absolute Gasteiger partial charge is 0.325 e. The molecule has 3 nitrogen and oxygen atoms in total. The number of benzene rings is 1. The van der Waals surface area contributed by atoms with Crippen molar-refractivity contribution in [3.63, 3.8) is 0 Å². The Morgan fingerprint density at radius 3 is 2.71 bits per heavy atom. The Labute approximate surface area is 132 Å². The molecule has 0 radical (unpaired) electrons. The maximum absolute atomic E-state index is 12.0. The molecule has 0 atom stereocenters. The van der Waals surface area contributed by atoms with E-state index in [0.717, 1.165) is 29.6 Å². The van der Waals surface area contributed by atoms with Gasteiger partial charge < -0.3 is 10.6 Å². The van der Waals surface area contributed by atoms with Gasteiger partial charge in [-0.1, -0.05) is 37.4 Å². The molecule has 1 aliphatic carbocycles. The van der Waals surface area contributed by atoms with Crippen LogP contribution < -0.4 is 10.6 Å². The Hall–Kier alpha value is -1.06. The zero-order valence-electron chi connectivity index (χ0n) is 12.9. The Balaban J connectivity index is 1.71. The summed E-state index contributed by atoms with van der Waals surface area (Å²) in [5.41, 5.74) is 1.81. The fraction of sp³-hybridized carbons (Fsp3) is 0.588. The van der Waals surface area contributed by atoms with Gasteiger partial charge in [0.05, 0.1) is 6.54 Å². The molecule has 0 heterocycles. The molecule has 0 aromatic heterocycles. The van der Waals surface area contributed by atoms with Crippen molar-refractivity contribution in [1.82, 2.24) is 5.32 Å². The number of carbonyl (C=O) groups excluding carboxylic acids is 1. The minimum absolute atomic E-state index is 0.00968. The highest BCUT2D eigenvalue weighted by Crippen LogP contribution is 2.27. The van der Waals surface area contributed by atoms with Crippen molar-refractivity contribution >= 4 is 23.2 Å². The number of hydrogen-bond acceptors (Lipinski definition) is 2. The summed E-state index contributed by atoms with van der Waals surface area (Å²) < 4.78 is 0. The highest BCUT2D eigenvalue weighted by molar-refractivity contribution is 6.31. The third kappa shape index (κ3) is 5.33. The van der Waals surface area contributed by atoms with Gasteiger partial charge in [-0.3, -0.25) is 4.79 Å². The molecule has 2 rings (SSSR count). The molecule has 1 aliphatic rings. The fourth-order valence-electron chi connectivity index (χ4n) is 2.85. The molecule has 1 aromatic rings. The van der Waals surface area contributed by atoms with E-state index in [2.05, 4.69) is 17.6 Å². The van der Waals surface area contributed by atoms with E-state index in [4.69, 9.17) is 11.6 Å². The maximum Gasteiger partial charge on any atom is 0.238 e. The van der Waals surface area contributed by atoms with E-state index < -0.39 is 0 Å². The van der Waals surface area contributed by atoms with Crippen molar-refractivity contribution < 1.29 is 4.79 Å². The van der Waals surface area contributed by atoms with Crippen LogP contribution in [-0.4, -0.2) is 19.0 Å². The first-order chi connectivity index (χ1) is 10.0. The topological polar surface area (TPSA) is 41.1 Å². The smallest absolute Gasteiger partial charge is 0.238 e. The molecule has 1 aromatic carbocycles. The highest BCUT2D eigenvalue weighted by atomic mass is 35.5. The minimum Gasteiger partial charge on any atom is -0.325 e. The second kappa shape index (κ2) is 7.81. The number of nitrogens with one attached hydrogen (secondary N) is 2. The molecular formula is C17H25ClN2O. The van der Waals surface area contributed by atoms with Crippen molar-refractivity contribution in [2.24, 2.45) is 11.8 Å². The zero-order valence-corrected chi connectivity index (χ0v) is 13.7. The van der Waals surface area contributed by atoms with Gasteiger partial charge in [-0.05, 0) is 55.8 Å².